The molecule has 102 valence electrons. The van der Waals surface area contributed by atoms with E-state index in [1.165, 1.54) is 71.0 Å². The first kappa shape index (κ1) is 15.0. The van der Waals surface area contributed by atoms with Gasteiger partial charge in [-0.25, -0.2) is 0 Å². The van der Waals surface area contributed by atoms with Crippen LogP contribution in [0, 0.1) is 11.8 Å². The first-order valence-electron chi connectivity index (χ1n) is 8.04. The van der Waals surface area contributed by atoms with Gasteiger partial charge in [-0.2, -0.15) is 0 Å². The molecule has 0 amide bonds. The molecule has 0 aromatic heterocycles. The molecule has 0 atom stereocenters. The monoisotopic (exact) mass is 239 g/mol. The summed E-state index contributed by atoms with van der Waals surface area (Å²) in [7, 11) is 0. The highest BCUT2D eigenvalue weighted by molar-refractivity contribution is 4.77. The standard InChI is InChI=1S/C16H33N/c1-4-7-9-15(10-8-5-2)16-11-13-17(6-3)14-12-16/h15-16H,4-14H2,1-3H3. The Kier molecular flexibility index (Phi) is 7.92. The van der Waals surface area contributed by atoms with E-state index in [0.717, 1.165) is 11.8 Å². The number of hydrogen-bond acceptors (Lipinski definition) is 1. The summed E-state index contributed by atoms with van der Waals surface area (Å²) < 4.78 is 0. The summed E-state index contributed by atoms with van der Waals surface area (Å²) in [5.41, 5.74) is 0. The second-order valence-electron chi connectivity index (χ2n) is 5.82. The molecule has 0 N–H and O–H groups in total. The quantitative estimate of drug-likeness (QED) is 0.592. The predicted octanol–water partition coefficient (Wildman–Crippen LogP) is 4.71. The van der Waals surface area contributed by atoms with E-state index in [4.69, 9.17) is 0 Å². The fourth-order valence-electron chi connectivity index (χ4n) is 3.29. The molecule has 0 aromatic carbocycles. The Balaban J connectivity index is 2.34. The van der Waals surface area contributed by atoms with E-state index in [0.29, 0.717) is 0 Å². The summed E-state index contributed by atoms with van der Waals surface area (Å²) in [5.74, 6) is 2.07. The predicted molar refractivity (Wildman–Crippen MR) is 77.4 cm³/mol. The zero-order chi connectivity index (χ0) is 12.5. The molecule has 1 aliphatic heterocycles. The van der Waals surface area contributed by atoms with Crippen molar-refractivity contribution in [3.8, 4) is 0 Å². The summed E-state index contributed by atoms with van der Waals surface area (Å²) in [5, 5.41) is 0. The molecule has 1 rings (SSSR count). The summed E-state index contributed by atoms with van der Waals surface area (Å²) in [6.07, 6.45) is 11.6. The Hall–Kier alpha value is -0.0400. The van der Waals surface area contributed by atoms with Gasteiger partial charge in [-0.05, 0) is 44.3 Å². The van der Waals surface area contributed by atoms with Crippen LogP contribution in [0.25, 0.3) is 0 Å². The molecule has 17 heavy (non-hydrogen) atoms. The summed E-state index contributed by atoms with van der Waals surface area (Å²) in [6.45, 7) is 10.9. The van der Waals surface area contributed by atoms with Crippen LogP contribution in [0.15, 0.2) is 0 Å². The second kappa shape index (κ2) is 8.97. The number of likely N-dealkylation sites (tertiary alicyclic amines) is 1. The molecule has 0 saturated carbocycles. The Morgan fingerprint density at radius 3 is 1.88 bits per heavy atom. The molecule has 0 bridgehead atoms. The van der Waals surface area contributed by atoms with Crippen LogP contribution in [0.4, 0.5) is 0 Å². The van der Waals surface area contributed by atoms with Crippen molar-refractivity contribution >= 4 is 0 Å². The van der Waals surface area contributed by atoms with Gasteiger partial charge in [0.1, 0.15) is 0 Å². The molecule has 1 fully saturated rings. The Labute approximate surface area is 109 Å². The second-order valence-corrected chi connectivity index (χ2v) is 5.82. The van der Waals surface area contributed by atoms with Gasteiger partial charge in [0, 0.05) is 0 Å². The minimum atomic E-state index is 1.04. The lowest BCUT2D eigenvalue weighted by Crippen LogP contribution is -2.36. The number of rotatable bonds is 8. The van der Waals surface area contributed by atoms with Crippen LogP contribution in [-0.4, -0.2) is 24.5 Å². The van der Waals surface area contributed by atoms with Crippen molar-refractivity contribution in [1.82, 2.24) is 4.90 Å². The van der Waals surface area contributed by atoms with E-state index >= 15 is 0 Å². The number of piperidine rings is 1. The van der Waals surface area contributed by atoms with Crippen molar-refractivity contribution in [3.05, 3.63) is 0 Å². The van der Waals surface area contributed by atoms with Gasteiger partial charge in [0.2, 0.25) is 0 Å². The smallest absolute Gasteiger partial charge is 0.00161 e. The Morgan fingerprint density at radius 2 is 1.47 bits per heavy atom. The van der Waals surface area contributed by atoms with E-state index in [1.54, 1.807) is 0 Å². The topological polar surface area (TPSA) is 3.24 Å². The van der Waals surface area contributed by atoms with E-state index < -0.39 is 0 Å². The molecule has 1 saturated heterocycles. The van der Waals surface area contributed by atoms with Gasteiger partial charge >= 0.3 is 0 Å². The van der Waals surface area contributed by atoms with E-state index in [9.17, 15) is 0 Å². The largest absolute Gasteiger partial charge is 0.304 e. The van der Waals surface area contributed by atoms with Crippen LogP contribution in [0.5, 0.6) is 0 Å². The van der Waals surface area contributed by atoms with Gasteiger partial charge in [0.25, 0.3) is 0 Å². The summed E-state index contributed by atoms with van der Waals surface area (Å²) >= 11 is 0. The van der Waals surface area contributed by atoms with E-state index in [-0.39, 0.29) is 0 Å². The van der Waals surface area contributed by atoms with E-state index in [1.807, 2.05) is 0 Å². The minimum absolute atomic E-state index is 1.04. The Morgan fingerprint density at radius 1 is 0.941 bits per heavy atom. The van der Waals surface area contributed by atoms with Gasteiger partial charge in [-0.15, -0.1) is 0 Å². The molecule has 0 aliphatic carbocycles. The Bertz CT molecular complexity index is 162. The highest BCUT2D eigenvalue weighted by Gasteiger charge is 2.24. The maximum absolute atomic E-state index is 2.62. The highest BCUT2D eigenvalue weighted by atomic mass is 15.1. The molecule has 1 heterocycles. The number of hydrogen-bond donors (Lipinski definition) is 0. The zero-order valence-corrected chi connectivity index (χ0v) is 12.4. The molecule has 1 heteroatoms. The summed E-state index contributed by atoms with van der Waals surface area (Å²) in [6, 6.07) is 0. The highest BCUT2D eigenvalue weighted by Crippen LogP contribution is 2.32. The molecule has 1 aliphatic rings. The first-order valence-corrected chi connectivity index (χ1v) is 8.04. The third kappa shape index (κ3) is 5.42. The molecule has 0 unspecified atom stereocenters. The first-order chi connectivity index (χ1) is 8.31. The van der Waals surface area contributed by atoms with E-state index in [2.05, 4.69) is 25.7 Å². The lowest BCUT2D eigenvalue weighted by Gasteiger charge is -2.36. The third-order valence-corrected chi connectivity index (χ3v) is 4.60. The van der Waals surface area contributed by atoms with Gasteiger partial charge < -0.3 is 4.90 Å². The van der Waals surface area contributed by atoms with Gasteiger partial charge in [-0.3, -0.25) is 0 Å². The molecule has 0 spiro atoms. The molecular formula is C16H33N. The molecular weight excluding hydrogens is 206 g/mol. The van der Waals surface area contributed by atoms with Crippen LogP contribution in [0.1, 0.15) is 72.1 Å². The minimum Gasteiger partial charge on any atom is -0.304 e. The fraction of sp³-hybridized carbons (Fsp3) is 1.00. The van der Waals surface area contributed by atoms with Crippen LogP contribution < -0.4 is 0 Å². The maximum atomic E-state index is 2.62. The van der Waals surface area contributed by atoms with Gasteiger partial charge in [-0.1, -0.05) is 59.3 Å². The van der Waals surface area contributed by atoms with Gasteiger partial charge in [0.05, 0.1) is 0 Å². The molecule has 1 nitrogen and oxygen atoms in total. The fourth-order valence-corrected chi connectivity index (χ4v) is 3.29. The van der Waals surface area contributed by atoms with Crippen molar-refractivity contribution in [1.29, 1.82) is 0 Å². The van der Waals surface area contributed by atoms with Crippen molar-refractivity contribution in [3.63, 3.8) is 0 Å². The van der Waals surface area contributed by atoms with Crippen LogP contribution in [-0.2, 0) is 0 Å². The average Bonchev–Trinajstić information content (AvgIpc) is 2.39. The number of nitrogens with zero attached hydrogens (tertiary/aromatic N) is 1. The van der Waals surface area contributed by atoms with Crippen LogP contribution in [0.2, 0.25) is 0 Å². The average molecular weight is 239 g/mol. The number of unbranched alkanes of at least 4 members (excludes halogenated alkanes) is 2. The van der Waals surface area contributed by atoms with Crippen molar-refractivity contribution in [2.24, 2.45) is 11.8 Å². The molecule has 0 radical (unpaired) electrons. The lowest BCUT2D eigenvalue weighted by molar-refractivity contribution is 0.140. The normalized spacial score (nSPS) is 19.1. The van der Waals surface area contributed by atoms with Crippen LogP contribution >= 0.6 is 0 Å². The van der Waals surface area contributed by atoms with Crippen molar-refractivity contribution in [2.45, 2.75) is 72.1 Å². The van der Waals surface area contributed by atoms with Crippen LogP contribution in [0.3, 0.4) is 0 Å². The lowest BCUT2D eigenvalue weighted by atomic mass is 9.78. The van der Waals surface area contributed by atoms with Gasteiger partial charge in [0.15, 0.2) is 0 Å². The maximum Gasteiger partial charge on any atom is -0.00161 e. The van der Waals surface area contributed by atoms with Crippen molar-refractivity contribution < 1.29 is 0 Å². The SMILES string of the molecule is CCCCC(CCCC)C1CCN(CC)CC1. The van der Waals surface area contributed by atoms with Crippen molar-refractivity contribution in [2.75, 3.05) is 19.6 Å². The summed E-state index contributed by atoms with van der Waals surface area (Å²) in [4.78, 5) is 2.62. The zero-order valence-electron chi connectivity index (χ0n) is 12.4. The third-order valence-electron chi connectivity index (χ3n) is 4.60. The molecule has 0 aromatic rings.